The number of anilines is 4. The quantitative estimate of drug-likeness (QED) is 0.104. The van der Waals surface area contributed by atoms with E-state index in [2.05, 4.69) is 33.4 Å². The van der Waals surface area contributed by atoms with Crippen LogP contribution in [-0.4, -0.2) is 28.7 Å². The number of nitrogens with one attached hydrogen (secondary N) is 4. The lowest BCUT2D eigenvalue weighted by Crippen LogP contribution is -2.19. The molecule has 16 rings (SSSR count). The van der Waals surface area contributed by atoms with Crippen LogP contribution in [-0.2, 0) is 12.8 Å². The summed E-state index contributed by atoms with van der Waals surface area (Å²) in [5.74, 6) is -1.71. The second-order valence-electron chi connectivity index (χ2n) is 15.9. The number of hydrogen-bond donors (Lipinski definition) is 5. The molecule has 9 nitrogen and oxygen atoms in total. The van der Waals surface area contributed by atoms with Crippen LogP contribution >= 0.6 is 0 Å². The fourth-order valence-corrected chi connectivity index (χ4v) is 8.09. The predicted molar refractivity (Wildman–Crippen MR) is 236 cm³/mol. The third-order valence-corrected chi connectivity index (χ3v) is 11.2. The zero-order valence-electron chi connectivity index (χ0n) is 34.7. The molecule has 4 amide bonds. The lowest BCUT2D eigenvalue weighted by Gasteiger charge is -2.18. The van der Waals surface area contributed by atoms with E-state index >= 15 is 0 Å². The average molecular weight is 785 g/mol. The van der Waals surface area contributed by atoms with Crippen molar-refractivity contribution < 1.29 is 24.3 Å². The molecule has 5 N–H and O–H groups in total. The van der Waals surface area contributed by atoms with E-state index in [9.17, 15) is 24.3 Å². The van der Waals surface area contributed by atoms with Gasteiger partial charge in [0.2, 0.25) is 0 Å². The Kier molecular flexibility index (Phi) is 11.0. The number of phenols is 1. The summed E-state index contributed by atoms with van der Waals surface area (Å²) in [7, 11) is 0. The third kappa shape index (κ3) is 8.50. The van der Waals surface area contributed by atoms with Gasteiger partial charge < -0.3 is 26.4 Å². The molecule has 6 aromatic rings. The van der Waals surface area contributed by atoms with E-state index in [-0.39, 0.29) is 28.7 Å². The van der Waals surface area contributed by atoms with Crippen molar-refractivity contribution in [1.29, 1.82) is 0 Å². The molecule has 0 atom stereocenters. The Bertz CT molecular complexity index is 2700. The minimum absolute atomic E-state index is 0.146. The molecule has 10 aliphatic heterocycles. The van der Waals surface area contributed by atoms with Gasteiger partial charge in [-0.05, 0) is 177 Å². The highest BCUT2D eigenvalue weighted by Gasteiger charge is 2.21. The van der Waals surface area contributed by atoms with Gasteiger partial charge in [0.1, 0.15) is 5.75 Å². The fourth-order valence-electron chi connectivity index (χ4n) is 8.09. The predicted octanol–water partition coefficient (Wildman–Crippen LogP) is 10.4. The van der Waals surface area contributed by atoms with Crippen LogP contribution < -0.4 is 21.3 Å². The standard InChI is InChI=1S/C50H48N4O5/c1-26-20-44-28(3)19-37(26)22-34-12-13-43(27(2)14-34)51-49(58)41-10-9-11-42(33(41)8)50(59)54-46-31(6)17-36(18-32(46)7)21-35-15-29(4)45(30(5)16-35)53-48(57)39-23-38(47(56)52-44)24-40(55)25-39/h9-20,23-25,55H,21-22H2,1-8H3,(H,51,58)(H,52,56)(H,53,57)(H,54,59). The summed E-state index contributed by atoms with van der Waals surface area (Å²) < 4.78 is 0. The molecule has 0 spiro atoms. The van der Waals surface area contributed by atoms with Gasteiger partial charge in [-0.25, -0.2) is 0 Å². The fraction of sp³-hybridized carbons (Fsp3) is 0.200. The molecule has 0 aromatic heterocycles. The zero-order chi connectivity index (χ0) is 42.3. The average Bonchev–Trinajstić information content (AvgIpc) is 3.17. The number of phenolic OH excluding ortho intramolecular Hbond substituents is 1. The first-order valence-electron chi connectivity index (χ1n) is 19.6. The van der Waals surface area contributed by atoms with Crippen molar-refractivity contribution in [1.82, 2.24) is 0 Å². The van der Waals surface area contributed by atoms with E-state index in [1.54, 1.807) is 25.1 Å². The Hall–Kier alpha value is -7.00. The molecule has 10 heterocycles. The Morgan fingerprint density at radius 2 is 0.898 bits per heavy atom. The Balaban J connectivity index is 1.26. The Morgan fingerprint density at radius 1 is 0.424 bits per heavy atom. The largest absolute Gasteiger partial charge is 0.508 e. The van der Waals surface area contributed by atoms with Crippen LogP contribution in [0, 0.1) is 55.4 Å². The van der Waals surface area contributed by atoms with Crippen molar-refractivity contribution >= 4 is 46.4 Å². The number of benzene rings is 6. The van der Waals surface area contributed by atoms with Crippen LogP contribution in [0.4, 0.5) is 22.7 Å². The summed E-state index contributed by atoms with van der Waals surface area (Å²) >= 11 is 0. The first kappa shape index (κ1) is 40.2. The molecule has 0 saturated carbocycles. The molecule has 298 valence electrons. The van der Waals surface area contributed by atoms with E-state index in [1.807, 2.05) is 90.9 Å². The van der Waals surface area contributed by atoms with Gasteiger partial charge in [-0.2, -0.15) is 0 Å². The second-order valence-corrected chi connectivity index (χ2v) is 15.9. The number of aryl methyl sites for hydroxylation is 7. The van der Waals surface area contributed by atoms with Gasteiger partial charge in [0.05, 0.1) is 0 Å². The van der Waals surface area contributed by atoms with Gasteiger partial charge in [-0.1, -0.05) is 48.5 Å². The van der Waals surface area contributed by atoms with Crippen molar-refractivity contribution in [3.05, 3.63) is 180 Å². The molecular formula is C50H48N4O5. The van der Waals surface area contributed by atoms with Crippen LogP contribution in [0.15, 0.2) is 91.0 Å². The van der Waals surface area contributed by atoms with Crippen LogP contribution in [0.1, 0.15) is 108 Å². The maximum Gasteiger partial charge on any atom is 0.255 e. The summed E-state index contributed by atoms with van der Waals surface area (Å²) in [6.07, 6.45) is 1.25. The highest BCUT2D eigenvalue weighted by atomic mass is 16.3. The molecule has 59 heavy (non-hydrogen) atoms. The van der Waals surface area contributed by atoms with Crippen LogP contribution in [0.25, 0.3) is 0 Å². The van der Waals surface area contributed by atoms with E-state index in [1.165, 1.54) is 18.2 Å². The third-order valence-electron chi connectivity index (χ3n) is 11.2. The Morgan fingerprint density at radius 3 is 1.46 bits per heavy atom. The lowest BCUT2D eigenvalue weighted by atomic mass is 9.95. The summed E-state index contributed by atoms with van der Waals surface area (Å²) in [5.41, 5.74) is 14.8. The first-order valence-corrected chi connectivity index (χ1v) is 19.6. The van der Waals surface area contributed by atoms with E-state index < -0.39 is 11.8 Å². The minimum Gasteiger partial charge on any atom is -0.508 e. The zero-order valence-corrected chi connectivity index (χ0v) is 34.7. The highest BCUT2D eigenvalue weighted by molar-refractivity contribution is 6.11. The monoisotopic (exact) mass is 784 g/mol. The molecule has 12 bridgehead atoms. The van der Waals surface area contributed by atoms with E-state index in [4.69, 9.17) is 0 Å². The normalized spacial score (nSPS) is 13.4. The molecule has 0 aliphatic carbocycles. The maximum absolute atomic E-state index is 13.8. The van der Waals surface area contributed by atoms with Crippen LogP contribution in [0.2, 0.25) is 0 Å². The number of aromatic hydroxyl groups is 1. The van der Waals surface area contributed by atoms with Crippen molar-refractivity contribution in [2.24, 2.45) is 0 Å². The second kappa shape index (κ2) is 16.1. The van der Waals surface area contributed by atoms with Gasteiger partial charge in [0.25, 0.3) is 23.6 Å². The molecule has 0 unspecified atom stereocenters. The van der Waals surface area contributed by atoms with Crippen LogP contribution in [0.5, 0.6) is 5.75 Å². The van der Waals surface area contributed by atoms with Crippen molar-refractivity contribution in [2.75, 3.05) is 21.3 Å². The molecule has 10 aliphatic rings. The summed E-state index contributed by atoms with van der Waals surface area (Å²) in [4.78, 5) is 54.7. The van der Waals surface area contributed by atoms with Gasteiger partial charge in [0, 0.05) is 45.0 Å². The molecule has 6 aromatic carbocycles. The van der Waals surface area contributed by atoms with Gasteiger partial charge in [0.15, 0.2) is 0 Å². The maximum atomic E-state index is 13.8. The summed E-state index contributed by atoms with van der Waals surface area (Å²) in [5, 5.41) is 22.8. The van der Waals surface area contributed by atoms with Crippen LogP contribution in [0.3, 0.4) is 0 Å². The summed E-state index contributed by atoms with van der Waals surface area (Å²) in [6, 6.07) is 27.4. The van der Waals surface area contributed by atoms with E-state index in [0.717, 1.165) is 61.2 Å². The van der Waals surface area contributed by atoms with E-state index in [0.29, 0.717) is 52.3 Å². The number of amides is 4. The molecular weight excluding hydrogens is 737 g/mol. The SMILES string of the molecule is Cc1cc2c(C)cc1Cc1ccc(c(C)c1)NC(=O)c1cccc(c1C)C(=O)Nc1c(C)cc(cc1C)Cc1cc(C)c(c(C)c1)NC(=O)c1cc(O)cc(c1)C(=O)N2. The van der Waals surface area contributed by atoms with Gasteiger partial charge in [-0.3, -0.25) is 19.2 Å². The first-order chi connectivity index (χ1) is 28.0. The number of carbonyl (C=O) groups is 4. The summed E-state index contributed by atoms with van der Waals surface area (Å²) in [6.45, 7) is 15.4. The minimum atomic E-state index is -0.455. The van der Waals surface area contributed by atoms with Crippen molar-refractivity contribution in [3.8, 4) is 5.75 Å². The molecule has 0 saturated heterocycles. The molecule has 0 radical (unpaired) electrons. The Labute approximate surface area is 344 Å². The lowest BCUT2D eigenvalue weighted by molar-refractivity contribution is 0.101. The molecule has 9 heteroatoms. The highest BCUT2D eigenvalue weighted by Crippen LogP contribution is 2.30. The number of rotatable bonds is 0. The number of carbonyl (C=O) groups excluding carboxylic acids is 4. The molecule has 0 fully saturated rings. The van der Waals surface area contributed by atoms with Crippen molar-refractivity contribution in [2.45, 2.75) is 68.2 Å². The number of hydrogen-bond acceptors (Lipinski definition) is 5. The topological polar surface area (TPSA) is 137 Å². The smallest absolute Gasteiger partial charge is 0.255 e. The van der Waals surface area contributed by atoms with Gasteiger partial charge >= 0.3 is 0 Å². The van der Waals surface area contributed by atoms with Gasteiger partial charge in [-0.15, -0.1) is 0 Å². The van der Waals surface area contributed by atoms with Crippen molar-refractivity contribution in [3.63, 3.8) is 0 Å².